The fourth-order valence-corrected chi connectivity index (χ4v) is 1.47. The van der Waals surface area contributed by atoms with E-state index in [2.05, 4.69) is 6.58 Å². The Morgan fingerprint density at radius 3 is 2.21 bits per heavy atom. The van der Waals surface area contributed by atoms with Gasteiger partial charge in [0.15, 0.2) is 0 Å². The minimum absolute atomic E-state index is 0.275. The fraction of sp³-hybridized carbons (Fsp3) is 0.833. The van der Waals surface area contributed by atoms with Crippen LogP contribution in [0.4, 0.5) is 0 Å². The number of aliphatic hydroxyl groups excluding tert-OH is 1. The lowest BCUT2D eigenvalue weighted by Crippen LogP contribution is -2.27. The zero-order valence-electron chi connectivity index (χ0n) is 9.71. The largest absolute Gasteiger partial charge is 0.393 e. The molecule has 0 aromatic rings. The molecule has 0 rings (SSSR count). The summed E-state index contributed by atoms with van der Waals surface area (Å²) in [6.45, 7) is 9.70. The van der Waals surface area contributed by atoms with E-state index in [1.165, 1.54) is 0 Å². The third-order valence-electron chi connectivity index (χ3n) is 2.81. The lowest BCUT2D eigenvalue weighted by Gasteiger charge is -2.26. The van der Waals surface area contributed by atoms with Crippen LogP contribution in [0.25, 0.3) is 0 Å². The van der Waals surface area contributed by atoms with Gasteiger partial charge in [-0.05, 0) is 39.0 Å². The number of hydrogen-bond donors (Lipinski definition) is 2. The third-order valence-corrected chi connectivity index (χ3v) is 2.81. The van der Waals surface area contributed by atoms with E-state index in [0.29, 0.717) is 6.42 Å². The molecule has 0 fully saturated rings. The van der Waals surface area contributed by atoms with Crippen LogP contribution >= 0.6 is 0 Å². The van der Waals surface area contributed by atoms with Crippen molar-refractivity contribution in [1.29, 1.82) is 0 Å². The van der Waals surface area contributed by atoms with Crippen molar-refractivity contribution in [3.63, 3.8) is 0 Å². The lowest BCUT2D eigenvalue weighted by molar-refractivity contribution is 0.0316. The van der Waals surface area contributed by atoms with E-state index in [0.717, 1.165) is 31.3 Å². The molecular formula is C12H24O2. The summed E-state index contributed by atoms with van der Waals surface area (Å²) in [5.41, 5.74) is 0.451. The molecular weight excluding hydrogens is 176 g/mol. The average molecular weight is 200 g/mol. The topological polar surface area (TPSA) is 40.5 Å². The summed E-state index contributed by atoms with van der Waals surface area (Å²) in [7, 11) is 0. The highest BCUT2D eigenvalue weighted by Gasteiger charge is 2.22. The van der Waals surface area contributed by atoms with Crippen molar-refractivity contribution in [3.05, 3.63) is 12.2 Å². The van der Waals surface area contributed by atoms with Gasteiger partial charge in [-0.1, -0.05) is 26.0 Å². The van der Waals surface area contributed by atoms with E-state index in [4.69, 9.17) is 5.11 Å². The SMILES string of the molecule is C=C(CCC(C)O)CC(O)(CC)CC. The molecule has 0 heterocycles. The Labute approximate surface area is 87.7 Å². The van der Waals surface area contributed by atoms with E-state index in [9.17, 15) is 5.11 Å². The fourth-order valence-electron chi connectivity index (χ4n) is 1.47. The summed E-state index contributed by atoms with van der Waals surface area (Å²) < 4.78 is 0. The first-order chi connectivity index (χ1) is 6.43. The Kier molecular flexibility index (Phi) is 6.05. The quantitative estimate of drug-likeness (QED) is 0.620. The van der Waals surface area contributed by atoms with Crippen molar-refractivity contribution in [2.75, 3.05) is 0 Å². The van der Waals surface area contributed by atoms with Crippen molar-refractivity contribution in [1.82, 2.24) is 0 Å². The number of rotatable bonds is 7. The Hall–Kier alpha value is -0.340. The highest BCUT2D eigenvalue weighted by Crippen LogP contribution is 2.25. The molecule has 14 heavy (non-hydrogen) atoms. The van der Waals surface area contributed by atoms with Crippen molar-refractivity contribution in [3.8, 4) is 0 Å². The van der Waals surface area contributed by atoms with E-state index in [-0.39, 0.29) is 6.10 Å². The van der Waals surface area contributed by atoms with Crippen LogP contribution in [-0.2, 0) is 0 Å². The van der Waals surface area contributed by atoms with Crippen LogP contribution in [0.5, 0.6) is 0 Å². The maximum atomic E-state index is 10.0. The second kappa shape index (κ2) is 6.20. The molecule has 0 aromatic heterocycles. The molecule has 0 spiro atoms. The normalized spacial score (nSPS) is 14.1. The first-order valence-electron chi connectivity index (χ1n) is 5.50. The van der Waals surface area contributed by atoms with Gasteiger partial charge in [-0.3, -0.25) is 0 Å². The minimum atomic E-state index is -0.588. The number of aliphatic hydroxyl groups is 2. The van der Waals surface area contributed by atoms with Gasteiger partial charge in [0.25, 0.3) is 0 Å². The van der Waals surface area contributed by atoms with Gasteiger partial charge in [-0.2, -0.15) is 0 Å². The van der Waals surface area contributed by atoms with Crippen LogP contribution in [0, 0.1) is 0 Å². The molecule has 0 amide bonds. The van der Waals surface area contributed by atoms with Gasteiger partial charge in [0, 0.05) is 0 Å². The van der Waals surface area contributed by atoms with Gasteiger partial charge in [0.05, 0.1) is 11.7 Å². The molecule has 0 aromatic carbocycles. The second-order valence-electron chi connectivity index (χ2n) is 4.25. The van der Waals surface area contributed by atoms with Crippen LogP contribution in [-0.4, -0.2) is 21.9 Å². The van der Waals surface area contributed by atoms with E-state index in [1.54, 1.807) is 6.92 Å². The molecule has 84 valence electrons. The molecule has 0 saturated carbocycles. The van der Waals surface area contributed by atoms with Crippen molar-refractivity contribution in [2.24, 2.45) is 0 Å². The Morgan fingerprint density at radius 2 is 1.86 bits per heavy atom. The first-order valence-corrected chi connectivity index (χ1v) is 5.50. The summed E-state index contributed by atoms with van der Waals surface area (Å²) in [6, 6.07) is 0. The molecule has 0 bridgehead atoms. The van der Waals surface area contributed by atoms with Crippen molar-refractivity contribution >= 4 is 0 Å². The Morgan fingerprint density at radius 1 is 1.36 bits per heavy atom. The van der Waals surface area contributed by atoms with E-state index >= 15 is 0 Å². The molecule has 2 nitrogen and oxygen atoms in total. The smallest absolute Gasteiger partial charge is 0.0679 e. The van der Waals surface area contributed by atoms with Gasteiger partial charge in [-0.25, -0.2) is 0 Å². The molecule has 0 aliphatic rings. The third kappa shape index (κ3) is 5.40. The van der Waals surface area contributed by atoms with Crippen LogP contribution in [0.3, 0.4) is 0 Å². The molecule has 1 unspecified atom stereocenters. The summed E-state index contributed by atoms with van der Waals surface area (Å²) in [4.78, 5) is 0. The maximum absolute atomic E-state index is 10.0. The van der Waals surface area contributed by atoms with Crippen molar-refractivity contribution < 1.29 is 10.2 Å². The predicted octanol–water partition coefficient (Wildman–Crippen LogP) is 2.64. The van der Waals surface area contributed by atoms with Gasteiger partial charge < -0.3 is 10.2 Å². The summed E-state index contributed by atoms with van der Waals surface area (Å²) >= 11 is 0. The highest BCUT2D eigenvalue weighted by atomic mass is 16.3. The van der Waals surface area contributed by atoms with Crippen LogP contribution in [0.1, 0.15) is 52.9 Å². The highest BCUT2D eigenvalue weighted by molar-refractivity contribution is 5.00. The Balaban J connectivity index is 3.92. The zero-order valence-corrected chi connectivity index (χ0v) is 9.71. The average Bonchev–Trinajstić information content (AvgIpc) is 2.14. The molecule has 1 atom stereocenters. The lowest BCUT2D eigenvalue weighted by atomic mass is 9.88. The monoisotopic (exact) mass is 200 g/mol. The van der Waals surface area contributed by atoms with Crippen molar-refractivity contribution in [2.45, 2.75) is 64.6 Å². The van der Waals surface area contributed by atoms with Crippen LogP contribution in [0.15, 0.2) is 12.2 Å². The van der Waals surface area contributed by atoms with E-state index in [1.807, 2.05) is 13.8 Å². The molecule has 2 N–H and O–H groups in total. The van der Waals surface area contributed by atoms with Crippen LogP contribution in [0.2, 0.25) is 0 Å². The second-order valence-corrected chi connectivity index (χ2v) is 4.25. The predicted molar refractivity (Wildman–Crippen MR) is 60.2 cm³/mol. The van der Waals surface area contributed by atoms with Gasteiger partial charge in [0.1, 0.15) is 0 Å². The van der Waals surface area contributed by atoms with Crippen LogP contribution < -0.4 is 0 Å². The molecule has 0 saturated heterocycles. The first kappa shape index (κ1) is 13.7. The molecule has 2 heteroatoms. The Bertz CT molecular complexity index is 169. The van der Waals surface area contributed by atoms with E-state index < -0.39 is 5.60 Å². The maximum Gasteiger partial charge on any atom is 0.0679 e. The summed E-state index contributed by atoms with van der Waals surface area (Å²) in [5, 5.41) is 19.2. The van der Waals surface area contributed by atoms with Gasteiger partial charge >= 0.3 is 0 Å². The standard InChI is InChI=1S/C12H24O2/c1-5-12(14,6-2)9-10(3)7-8-11(4)13/h11,13-14H,3,5-9H2,1-2,4H3. The minimum Gasteiger partial charge on any atom is -0.393 e. The zero-order chi connectivity index (χ0) is 11.2. The molecule has 0 aliphatic heterocycles. The number of hydrogen-bond acceptors (Lipinski definition) is 2. The molecule has 0 aliphatic carbocycles. The van der Waals surface area contributed by atoms with Gasteiger partial charge in [-0.15, -0.1) is 0 Å². The summed E-state index contributed by atoms with van der Waals surface area (Å²) in [6.07, 6.45) is 3.45. The molecule has 0 radical (unpaired) electrons. The van der Waals surface area contributed by atoms with Gasteiger partial charge in [0.2, 0.25) is 0 Å². The summed E-state index contributed by atoms with van der Waals surface area (Å²) in [5.74, 6) is 0.